The number of carboxylic acids is 1. The van der Waals surface area contributed by atoms with E-state index >= 15 is 0 Å². The molecule has 10 N–H and O–H groups in total. The van der Waals surface area contributed by atoms with Crippen molar-refractivity contribution >= 4 is 35.6 Å². The Kier molecular flexibility index (Phi) is 12.8. The normalized spacial score (nSPS) is 19.3. The van der Waals surface area contributed by atoms with Gasteiger partial charge < -0.3 is 47.1 Å². The molecule has 0 spiro atoms. The van der Waals surface area contributed by atoms with Crippen LogP contribution in [0.25, 0.3) is 0 Å². The number of hydrogen-bond acceptors (Lipinski definition) is 11. The Morgan fingerprint density at radius 2 is 1.87 bits per heavy atom. The van der Waals surface area contributed by atoms with Crippen LogP contribution in [0.2, 0.25) is 0 Å². The Bertz CT molecular complexity index is 1560. The van der Waals surface area contributed by atoms with Crippen LogP contribution in [-0.2, 0) is 25.5 Å². The first-order valence-corrected chi connectivity index (χ1v) is 15.5. The molecule has 6 unspecified atom stereocenters. The SMILES string of the molecule is CSCCC(NC(=O)NC(Cc1cccc(O)c1)C(=O)O)C(=O)NC(C(=O)NC=C1CC(O)C(n2ccc(=O)[nH]c2=O)O1)C(C)N. The van der Waals surface area contributed by atoms with E-state index in [4.69, 9.17) is 10.5 Å². The smallest absolute Gasteiger partial charge is 0.331 e. The van der Waals surface area contributed by atoms with E-state index < -0.39 is 71.6 Å². The highest BCUT2D eigenvalue weighted by Gasteiger charge is 2.34. The Labute approximate surface area is 266 Å². The molecular formula is C28H37N7O10S. The van der Waals surface area contributed by atoms with Crippen molar-refractivity contribution in [1.82, 2.24) is 30.8 Å². The van der Waals surface area contributed by atoms with Crippen LogP contribution in [-0.4, -0.2) is 91.0 Å². The van der Waals surface area contributed by atoms with Crippen molar-refractivity contribution in [2.75, 3.05) is 12.0 Å². The number of thioether (sulfide) groups is 1. The zero-order valence-corrected chi connectivity index (χ0v) is 25.8. The number of amides is 4. The molecule has 250 valence electrons. The molecule has 0 radical (unpaired) electrons. The Morgan fingerprint density at radius 1 is 1.15 bits per heavy atom. The van der Waals surface area contributed by atoms with Gasteiger partial charge in [-0.3, -0.25) is 23.9 Å². The molecule has 4 amide bonds. The first-order valence-electron chi connectivity index (χ1n) is 14.1. The first kappa shape index (κ1) is 35.7. The van der Waals surface area contributed by atoms with E-state index in [0.29, 0.717) is 11.3 Å². The Balaban J connectivity index is 1.64. The summed E-state index contributed by atoms with van der Waals surface area (Å²) in [5.74, 6) is -2.35. The van der Waals surface area contributed by atoms with Crippen molar-refractivity contribution < 1.29 is 39.2 Å². The topological polar surface area (TPSA) is 267 Å². The maximum atomic E-state index is 13.2. The Hall–Kier alpha value is -4.81. The quantitative estimate of drug-likeness (QED) is 0.111. The number of benzene rings is 1. The van der Waals surface area contributed by atoms with Gasteiger partial charge >= 0.3 is 17.7 Å². The monoisotopic (exact) mass is 663 g/mol. The number of hydrogen-bond donors (Lipinski definition) is 9. The maximum absolute atomic E-state index is 13.2. The van der Waals surface area contributed by atoms with Crippen LogP contribution in [0.1, 0.15) is 31.6 Å². The van der Waals surface area contributed by atoms with E-state index in [2.05, 4.69) is 26.3 Å². The average Bonchev–Trinajstić information content (AvgIpc) is 3.35. The van der Waals surface area contributed by atoms with Crippen LogP contribution in [0.3, 0.4) is 0 Å². The lowest BCUT2D eigenvalue weighted by Crippen LogP contribution is -2.60. The fourth-order valence-electron chi connectivity index (χ4n) is 4.46. The molecule has 2 heterocycles. The summed E-state index contributed by atoms with van der Waals surface area (Å²) in [6.45, 7) is 1.47. The van der Waals surface area contributed by atoms with Crippen molar-refractivity contribution in [2.45, 2.75) is 62.7 Å². The molecule has 46 heavy (non-hydrogen) atoms. The molecule has 2 aromatic rings. The van der Waals surface area contributed by atoms with E-state index in [9.17, 15) is 44.1 Å². The number of nitrogens with zero attached hydrogens (tertiary/aromatic N) is 1. The van der Waals surface area contributed by atoms with Gasteiger partial charge in [0.05, 0.1) is 0 Å². The Morgan fingerprint density at radius 3 is 2.50 bits per heavy atom. The number of rotatable bonds is 14. The van der Waals surface area contributed by atoms with Gasteiger partial charge in [-0.25, -0.2) is 14.4 Å². The molecule has 0 saturated carbocycles. The van der Waals surface area contributed by atoms with Crippen LogP contribution < -0.4 is 38.2 Å². The minimum Gasteiger partial charge on any atom is -0.508 e. The fraction of sp³-hybridized carbons (Fsp3) is 0.429. The molecule has 1 aliphatic rings. The zero-order valence-electron chi connectivity index (χ0n) is 25.0. The van der Waals surface area contributed by atoms with Crippen molar-refractivity contribution in [2.24, 2.45) is 5.73 Å². The number of nitrogens with one attached hydrogen (secondary N) is 5. The van der Waals surface area contributed by atoms with Gasteiger partial charge in [-0.15, -0.1) is 0 Å². The number of carboxylic acid groups (broad SMARTS) is 1. The predicted octanol–water partition coefficient (Wildman–Crippen LogP) is -1.57. The number of aromatic hydroxyl groups is 1. The summed E-state index contributed by atoms with van der Waals surface area (Å²) in [5, 5.41) is 39.4. The van der Waals surface area contributed by atoms with Crippen molar-refractivity contribution in [3.05, 3.63) is 74.9 Å². The van der Waals surface area contributed by atoms with Gasteiger partial charge in [-0.1, -0.05) is 12.1 Å². The molecule has 3 rings (SSSR count). The third-order valence-corrected chi connectivity index (χ3v) is 7.45. The number of phenolic OH excluding ortho intramolecular Hbond substituents is 1. The summed E-state index contributed by atoms with van der Waals surface area (Å²) in [4.78, 5) is 76.3. The molecule has 1 aromatic heterocycles. The second kappa shape index (κ2) is 16.5. The third kappa shape index (κ3) is 10.1. The third-order valence-electron chi connectivity index (χ3n) is 6.80. The summed E-state index contributed by atoms with van der Waals surface area (Å²) < 4.78 is 6.57. The summed E-state index contributed by atoms with van der Waals surface area (Å²) in [7, 11) is 0. The second-order valence-corrected chi connectivity index (χ2v) is 11.5. The predicted molar refractivity (Wildman–Crippen MR) is 166 cm³/mol. The average molecular weight is 664 g/mol. The number of phenols is 1. The molecule has 0 aliphatic carbocycles. The van der Waals surface area contributed by atoms with Crippen molar-refractivity contribution in [3.8, 4) is 5.75 Å². The van der Waals surface area contributed by atoms with Gasteiger partial charge in [0.15, 0.2) is 0 Å². The summed E-state index contributed by atoms with van der Waals surface area (Å²) >= 11 is 1.40. The van der Waals surface area contributed by atoms with E-state index in [-0.39, 0.29) is 30.8 Å². The number of aromatic amines is 1. The number of aromatic nitrogens is 2. The maximum Gasteiger partial charge on any atom is 0.331 e. The number of aliphatic hydroxyl groups excluding tert-OH is 1. The standard InChI is InChI=1S/C28H37N7O10S/c1-14(29)22(24(40)30-13-17-12-20(37)25(45-17)35-8-6-21(38)33-28(35)44)34-23(39)18(7-9-46-2)31-27(43)32-19(26(41)42)11-15-4-3-5-16(36)10-15/h3-6,8,10,13-14,18-20,22,25,36-37H,7,9,11-12,29H2,1-2H3,(H,30,40)(H,34,39)(H,41,42)(H2,31,32,43)(H,33,38,44). The highest BCUT2D eigenvalue weighted by atomic mass is 32.2. The van der Waals surface area contributed by atoms with Crippen LogP contribution >= 0.6 is 11.8 Å². The number of carbonyl (C=O) groups is 4. The zero-order chi connectivity index (χ0) is 34.0. The molecule has 1 aliphatic heterocycles. The van der Waals surface area contributed by atoms with Gasteiger partial charge in [0.1, 0.15) is 35.7 Å². The number of H-pyrrole nitrogens is 1. The highest BCUT2D eigenvalue weighted by molar-refractivity contribution is 7.98. The lowest BCUT2D eigenvalue weighted by molar-refractivity contribution is -0.139. The largest absolute Gasteiger partial charge is 0.508 e. The molecule has 18 heteroatoms. The first-order chi connectivity index (χ1) is 21.8. The molecule has 6 atom stereocenters. The number of urea groups is 1. The van der Waals surface area contributed by atoms with Crippen LogP contribution in [0.5, 0.6) is 5.75 Å². The second-order valence-electron chi connectivity index (χ2n) is 10.5. The van der Waals surface area contributed by atoms with Crippen LogP contribution in [0, 0.1) is 0 Å². The molecule has 17 nitrogen and oxygen atoms in total. The van der Waals surface area contributed by atoms with E-state index in [1.54, 1.807) is 12.3 Å². The van der Waals surface area contributed by atoms with Crippen molar-refractivity contribution in [3.63, 3.8) is 0 Å². The minimum absolute atomic E-state index is 0.0657. The van der Waals surface area contributed by atoms with E-state index in [1.165, 1.54) is 36.9 Å². The number of carbonyl (C=O) groups excluding carboxylic acids is 3. The van der Waals surface area contributed by atoms with Crippen LogP contribution in [0.4, 0.5) is 4.79 Å². The summed E-state index contributed by atoms with van der Waals surface area (Å²) in [6.07, 6.45) is 1.69. The van der Waals surface area contributed by atoms with E-state index in [1.807, 2.05) is 0 Å². The number of aliphatic hydroxyl groups is 1. The van der Waals surface area contributed by atoms with Gasteiger partial charge in [0.2, 0.25) is 18.0 Å². The lowest BCUT2D eigenvalue weighted by Gasteiger charge is -2.25. The minimum atomic E-state index is -1.37. The van der Waals surface area contributed by atoms with Gasteiger partial charge in [0.25, 0.3) is 5.56 Å². The summed E-state index contributed by atoms with van der Waals surface area (Å²) in [5.41, 5.74) is 5.02. The number of nitrogens with two attached hydrogens (primary N) is 1. The van der Waals surface area contributed by atoms with Gasteiger partial charge in [-0.05, 0) is 43.0 Å². The fourth-order valence-corrected chi connectivity index (χ4v) is 4.94. The van der Waals surface area contributed by atoms with Gasteiger partial charge in [0, 0.05) is 37.3 Å². The van der Waals surface area contributed by atoms with Crippen molar-refractivity contribution in [1.29, 1.82) is 0 Å². The lowest BCUT2D eigenvalue weighted by atomic mass is 10.1. The highest BCUT2D eigenvalue weighted by Crippen LogP contribution is 2.29. The van der Waals surface area contributed by atoms with E-state index in [0.717, 1.165) is 23.0 Å². The molecular weight excluding hydrogens is 626 g/mol. The number of ether oxygens (including phenoxy) is 1. The van der Waals surface area contributed by atoms with Gasteiger partial charge in [-0.2, -0.15) is 11.8 Å². The molecule has 1 saturated heterocycles. The summed E-state index contributed by atoms with van der Waals surface area (Å²) in [6, 6.07) is 1.33. The molecule has 1 fully saturated rings. The van der Waals surface area contributed by atoms with Crippen LogP contribution in [0.15, 0.2) is 58.1 Å². The number of aliphatic carboxylic acids is 1. The molecule has 1 aromatic carbocycles. The molecule has 0 bridgehead atoms.